The van der Waals surface area contributed by atoms with Crippen molar-refractivity contribution in [3.63, 3.8) is 0 Å². The lowest BCUT2D eigenvalue weighted by molar-refractivity contribution is 0.520. The summed E-state index contributed by atoms with van der Waals surface area (Å²) in [5, 5.41) is 3.41. The van der Waals surface area contributed by atoms with Crippen LogP contribution in [0.3, 0.4) is 0 Å². The van der Waals surface area contributed by atoms with Crippen LogP contribution >= 0.6 is 0 Å². The van der Waals surface area contributed by atoms with Gasteiger partial charge in [-0.1, -0.05) is 12.1 Å². The van der Waals surface area contributed by atoms with Crippen LogP contribution in [0, 0.1) is 11.8 Å². The number of fused-ring (bicyclic) bond motifs is 1. The highest BCUT2D eigenvalue weighted by atomic mass is 32.2. The van der Waals surface area contributed by atoms with E-state index < -0.39 is 10.0 Å². The largest absolute Gasteiger partial charge is 0.370 e. The molecule has 2 saturated heterocycles. The standard InChI is InChI=1S/C14H21N3O2S/c1-16(2)20(18,19)14-6-4-3-5-13(14)17-9-11-7-15-8-12(11)10-17/h3-6,11-12,15H,7-10H2,1-2H3/t11-,12+. The number of nitrogens with zero attached hydrogens (tertiary/aromatic N) is 2. The monoisotopic (exact) mass is 295 g/mol. The number of rotatable bonds is 3. The minimum Gasteiger partial charge on any atom is -0.370 e. The van der Waals surface area contributed by atoms with E-state index in [0.717, 1.165) is 31.9 Å². The van der Waals surface area contributed by atoms with E-state index >= 15 is 0 Å². The van der Waals surface area contributed by atoms with Gasteiger partial charge in [0.25, 0.3) is 0 Å². The van der Waals surface area contributed by atoms with Crippen molar-refractivity contribution in [2.75, 3.05) is 45.2 Å². The van der Waals surface area contributed by atoms with Crippen LogP contribution in [0.5, 0.6) is 0 Å². The molecule has 1 N–H and O–H groups in total. The van der Waals surface area contributed by atoms with Gasteiger partial charge < -0.3 is 10.2 Å². The third-order valence-corrected chi connectivity index (χ3v) is 6.22. The van der Waals surface area contributed by atoms with Crippen molar-refractivity contribution in [2.24, 2.45) is 11.8 Å². The summed E-state index contributed by atoms with van der Waals surface area (Å²) in [7, 11) is -0.236. The molecule has 20 heavy (non-hydrogen) atoms. The summed E-state index contributed by atoms with van der Waals surface area (Å²) in [5.74, 6) is 1.29. The first-order chi connectivity index (χ1) is 9.50. The molecule has 1 aromatic rings. The molecule has 0 unspecified atom stereocenters. The Morgan fingerprint density at radius 2 is 1.75 bits per heavy atom. The average molecular weight is 295 g/mol. The smallest absolute Gasteiger partial charge is 0.244 e. The van der Waals surface area contributed by atoms with E-state index in [1.165, 1.54) is 4.31 Å². The molecule has 0 aromatic heterocycles. The molecule has 5 nitrogen and oxygen atoms in total. The maximum atomic E-state index is 12.4. The van der Waals surface area contributed by atoms with Crippen LogP contribution < -0.4 is 10.2 Å². The lowest BCUT2D eigenvalue weighted by Crippen LogP contribution is -2.29. The second-order valence-electron chi connectivity index (χ2n) is 5.84. The number of nitrogens with one attached hydrogen (secondary N) is 1. The van der Waals surface area contributed by atoms with Gasteiger partial charge in [-0.05, 0) is 24.0 Å². The molecule has 2 aliphatic rings. The predicted octanol–water partition coefficient (Wildman–Crippen LogP) is 0.593. The van der Waals surface area contributed by atoms with Crippen molar-refractivity contribution >= 4 is 15.7 Å². The summed E-state index contributed by atoms with van der Waals surface area (Å²) >= 11 is 0. The second-order valence-corrected chi connectivity index (χ2v) is 7.96. The van der Waals surface area contributed by atoms with Crippen molar-refractivity contribution in [1.29, 1.82) is 0 Å². The molecular weight excluding hydrogens is 274 g/mol. The van der Waals surface area contributed by atoms with E-state index in [0.29, 0.717) is 16.7 Å². The molecule has 0 amide bonds. The minimum absolute atomic E-state index is 0.415. The fraction of sp³-hybridized carbons (Fsp3) is 0.571. The number of anilines is 1. The average Bonchev–Trinajstić information content (AvgIpc) is 2.99. The Morgan fingerprint density at radius 3 is 2.35 bits per heavy atom. The highest BCUT2D eigenvalue weighted by Gasteiger charge is 2.37. The molecule has 6 heteroatoms. The van der Waals surface area contributed by atoms with Gasteiger partial charge in [0.05, 0.1) is 5.69 Å². The van der Waals surface area contributed by atoms with Crippen molar-refractivity contribution in [1.82, 2.24) is 9.62 Å². The molecule has 3 rings (SSSR count). The van der Waals surface area contributed by atoms with Gasteiger partial charge in [-0.15, -0.1) is 0 Å². The number of para-hydroxylation sites is 1. The number of benzene rings is 1. The SMILES string of the molecule is CN(C)S(=O)(=O)c1ccccc1N1C[C@H]2CNC[C@H]2C1. The first-order valence-electron chi connectivity index (χ1n) is 6.97. The third-order valence-electron chi connectivity index (χ3n) is 4.35. The summed E-state index contributed by atoms with van der Waals surface area (Å²) in [4.78, 5) is 2.64. The fourth-order valence-electron chi connectivity index (χ4n) is 3.19. The Balaban J connectivity index is 1.95. The summed E-state index contributed by atoms with van der Waals surface area (Å²) in [6, 6.07) is 7.33. The summed E-state index contributed by atoms with van der Waals surface area (Å²) < 4.78 is 26.2. The third kappa shape index (κ3) is 2.21. The minimum atomic E-state index is -3.39. The Kier molecular flexibility index (Phi) is 3.48. The molecule has 1 aromatic carbocycles. The van der Waals surface area contributed by atoms with Crippen LogP contribution in [-0.4, -0.2) is 53.0 Å². The van der Waals surface area contributed by atoms with E-state index in [4.69, 9.17) is 0 Å². The molecule has 0 saturated carbocycles. The van der Waals surface area contributed by atoms with Crippen molar-refractivity contribution in [3.8, 4) is 0 Å². The molecule has 110 valence electrons. The molecule has 2 heterocycles. The fourth-order valence-corrected chi connectivity index (χ4v) is 4.29. The zero-order valence-corrected chi connectivity index (χ0v) is 12.7. The Bertz CT molecular complexity index is 588. The van der Waals surface area contributed by atoms with Crippen molar-refractivity contribution in [2.45, 2.75) is 4.90 Å². The van der Waals surface area contributed by atoms with Crippen LogP contribution in [0.15, 0.2) is 29.2 Å². The number of hydrogen-bond donors (Lipinski definition) is 1. The maximum Gasteiger partial charge on any atom is 0.244 e. The van der Waals surface area contributed by atoms with Crippen LogP contribution in [0.4, 0.5) is 5.69 Å². The zero-order valence-electron chi connectivity index (χ0n) is 11.9. The first kappa shape index (κ1) is 13.9. The van der Waals surface area contributed by atoms with Crippen LogP contribution in [0.25, 0.3) is 0 Å². The number of sulfonamides is 1. The van der Waals surface area contributed by atoms with Gasteiger partial charge in [-0.25, -0.2) is 12.7 Å². The Morgan fingerprint density at radius 1 is 1.15 bits per heavy atom. The molecule has 0 bridgehead atoms. The summed E-state index contributed by atoms with van der Waals surface area (Å²) in [5.41, 5.74) is 0.843. The predicted molar refractivity (Wildman–Crippen MR) is 79.4 cm³/mol. The Hall–Kier alpha value is -1.11. The van der Waals surface area contributed by atoms with Gasteiger partial charge in [-0.3, -0.25) is 0 Å². The van der Waals surface area contributed by atoms with Crippen molar-refractivity contribution in [3.05, 3.63) is 24.3 Å². The molecule has 0 aliphatic carbocycles. The van der Waals surface area contributed by atoms with Crippen LogP contribution in [-0.2, 0) is 10.0 Å². The first-order valence-corrected chi connectivity index (χ1v) is 8.41. The molecule has 0 spiro atoms. The van der Waals surface area contributed by atoms with Gasteiger partial charge in [0.2, 0.25) is 10.0 Å². The highest BCUT2D eigenvalue weighted by Crippen LogP contribution is 2.34. The highest BCUT2D eigenvalue weighted by molar-refractivity contribution is 7.89. The molecule has 2 fully saturated rings. The zero-order chi connectivity index (χ0) is 14.3. The van der Waals surface area contributed by atoms with E-state index in [9.17, 15) is 8.42 Å². The van der Waals surface area contributed by atoms with Gasteiger partial charge in [0, 0.05) is 40.3 Å². The van der Waals surface area contributed by atoms with Crippen molar-refractivity contribution < 1.29 is 8.42 Å². The summed E-state index contributed by atoms with van der Waals surface area (Å²) in [6.07, 6.45) is 0. The van der Waals surface area contributed by atoms with Gasteiger partial charge in [-0.2, -0.15) is 0 Å². The Labute approximate surface area is 120 Å². The van der Waals surface area contributed by atoms with E-state index in [1.807, 2.05) is 12.1 Å². The lowest BCUT2D eigenvalue weighted by atomic mass is 10.0. The van der Waals surface area contributed by atoms with Gasteiger partial charge in [0.15, 0.2) is 0 Å². The molecule has 2 atom stereocenters. The lowest BCUT2D eigenvalue weighted by Gasteiger charge is -2.24. The number of hydrogen-bond acceptors (Lipinski definition) is 4. The molecular formula is C14H21N3O2S. The van der Waals surface area contributed by atoms with Gasteiger partial charge in [0.1, 0.15) is 4.90 Å². The van der Waals surface area contributed by atoms with E-state index in [2.05, 4.69) is 10.2 Å². The second kappa shape index (κ2) is 5.02. The van der Waals surface area contributed by atoms with E-state index in [1.54, 1.807) is 26.2 Å². The topological polar surface area (TPSA) is 52.7 Å². The van der Waals surface area contributed by atoms with Crippen LogP contribution in [0.2, 0.25) is 0 Å². The normalized spacial score (nSPS) is 26.2. The molecule has 0 radical (unpaired) electrons. The van der Waals surface area contributed by atoms with Crippen LogP contribution in [0.1, 0.15) is 0 Å². The molecule has 2 aliphatic heterocycles. The van der Waals surface area contributed by atoms with E-state index in [-0.39, 0.29) is 0 Å². The summed E-state index contributed by atoms with van der Waals surface area (Å²) in [6.45, 7) is 3.97. The quantitative estimate of drug-likeness (QED) is 0.887. The van der Waals surface area contributed by atoms with Gasteiger partial charge >= 0.3 is 0 Å². The maximum absolute atomic E-state index is 12.4.